The van der Waals surface area contributed by atoms with Gasteiger partial charge in [0.15, 0.2) is 0 Å². The highest BCUT2D eigenvalue weighted by Gasteiger charge is 2.58. The standard InChI is InChI=1S/C14H20F3N3O5S2/c1-10-9-26-12(19-10)13(22,14(15,16)17)8-11(21)18-2-7-27(23,24)20-3-5-25-6-4-20/h9,22H,2-8H2,1H3,(H,18,21). The van der Waals surface area contributed by atoms with Crippen LogP contribution in [0.15, 0.2) is 5.38 Å². The minimum atomic E-state index is -5.12. The summed E-state index contributed by atoms with van der Waals surface area (Å²) in [6.45, 7) is 1.99. The van der Waals surface area contributed by atoms with Crippen LogP contribution in [0.2, 0.25) is 0 Å². The van der Waals surface area contributed by atoms with Gasteiger partial charge in [0.1, 0.15) is 5.01 Å². The molecule has 0 radical (unpaired) electrons. The van der Waals surface area contributed by atoms with E-state index in [4.69, 9.17) is 4.74 Å². The van der Waals surface area contributed by atoms with Gasteiger partial charge in [-0.15, -0.1) is 11.3 Å². The molecule has 0 aliphatic carbocycles. The number of nitrogens with one attached hydrogen (secondary N) is 1. The number of aliphatic hydroxyl groups is 1. The predicted octanol–water partition coefficient (Wildman–Crippen LogP) is 0.370. The summed E-state index contributed by atoms with van der Waals surface area (Å²) >= 11 is 0.597. The van der Waals surface area contributed by atoms with Crippen molar-refractivity contribution in [3.05, 3.63) is 16.1 Å². The average Bonchev–Trinajstić information content (AvgIpc) is 3.01. The lowest BCUT2D eigenvalue weighted by molar-refractivity contribution is -0.267. The maximum absolute atomic E-state index is 13.3. The molecule has 0 bridgehead atoms. The minimum absolute atomic E-state index is 0.188. The van der Waals surface area contributed by atoms with Crippen LogP contribution < -0.4 is 5.32 Å². The van der Waals surface area contributed by atoms with E-state index in [1.807, 2.05) is 0 Å². The Morgan fingerprint density at radius 2 is 2.04 bits per heavy atom. The van der Waals surface area contributed by atoms with Crippen molar-refractivity contribution in [3.63, 3.8) is 0 Å². The number of ether oxygens (including phenoxy) is 1. The maximum Gasteiger partial charge on any atom is 0.424 e. The molecule has 1 fully saturated rings. The number of morpholine rings is 1. The zero-order chi connectivity index (χ0) is 20.3. The number of carbonyl (C=O) groups excluding carboxylic acids is 1. The van der Waals surface area contributed by atoms with Crippen LogP contribution in [-0.2, 0) is 25.2 Å². The smallest absolute Gasteiger partial charge is 0.379 e. The second kappa shape index (κ2) is 8.39. The fourth-order valence-corrected chi connectivity index (χ4v) is 4.65. The molecule has 1 atom stereocenters. The van der Waals surface area contributed by atoms with Gasteiger partial charge >= 0.3 is 6.18 Å². The van der Waals surface area contributed by atoms with E-state index in [1.165, 1.54) is 16.6 Å². The number of alkyl halides is 3. The molecule has 13 heteroatoms. The third-order valence-electron chi connectivity index (χ3n) is 3.90. The molecule has 1 saturated heterocycles. The van der Waals surface area contributed by atoms with E-state index in [-0.39, 0.29) is 38.5 Å². The van der Waals surface area contributed by atoms with Crippen molar-refractivity contribution in [1.29, 1.82) is 0 Å². The highest BCUT2D eigenvalue weighted by atomic mass is 32.2. The summed E-state index contributed by atoms with van der Waals surface area (Å²) in [5.74, 6) is -1.58. The van der Waals surface area contributed by atoms with E-state index < -0.39 is 44.9 Å². The molecule has 1 aromatic heterocycles. The number of halogens is 3. The fourth-order valence-electron chi connectivity index (χ4n) is 2.41. The van der Waals surface area contributed by atoms with E-state index >= 15 is 0 Å². The molecular formula is C14H20F3N3O5S2. The number of hydrogen-bond acceptors (Lipinski definition) is 7. The molecule has 2 N–H and O–H groups in total. The molecule has 0 aromatic carbocycles. The first-order valence-electron chi connectivity index (χ1n) is 8.00. The van der Waals surface area contributed by atoms with Crippen molar-refractivity contribution < 1.29 is 36.2 Å². The van der Waals surface area contributed by atoms with Crippen LogP contribution >= 0.6 is 11.3 Å². The lowest BCUT2D eigenvalue weighted by Crippen LogP contribution is -2.47. The maximum atomic E-state index is 13.3. The Morgan fingerprint density at radius 1 is 1.41 bits per heavy atom. The number of aryl methyl sites for hydroxylation is 1. The molecule has 1 unspecified atom stereocenters. The highest BCUT2D eigenvalue weighted by Crippen LogP contribution is 2.42. The van der Waals surface area contributed by atoms with Crippen molar-refractivity contribution in [1.82, 2.24) is 14.6 Å². The van der Waals surface area contributed by atoms with Gasteiger partial charge in [0.05, 0.1) is 25.4 Å². The Morgan fingerprint density at radius 3 is 2.56 bits per heavy atom. The lowest BCUT2D eigenvalue weighted by atomic mass is 9.99. The Kier molecular flexibility index (Phi) is 6.84. The SMILES string of the molecule is Cc1csc(C(O)(CC(=O)NCCS(=O)(=O)N2CCOCC2)C(F)(F)F)n1. The van der Waals surface area contributed by atoms with Gasteiger partial charge in [-0.2, -0.15) is 17.5 Å². The predicted molar refractivity (Wildman–Crippen MR) is 90.6 cm³/mol. The Bertz CT molecular complexity index is 762. The van der Waals surface area contributed by atoms with E-state index in [2.05, 4.69) is 10.3 Å². The van der Waals surface area contributed by atoms with Crippen molar-refractivity contribution in [2.45, 2.75) is 25.1 Å². The summed E-state index contributed by atoms with van der Waals surface area (Å²) in [7, 11) is -3.66. The molecule has 1 aliphatic rings. The molecule has 27 heavy (non-hydrogen) atoms. The molecule has 2 heterocycles. The van der Waals surface area contributed by atoms with E-state index in [9.17, 15) is 31.5 Å². The van der Waals surface area contributed by atoms with Gasteiger partial charge < -0.3 is 15.2 Å². The number of thiazole rings is 1. The summed E-state index contributed by atoms with van der Waals surface area (Å²) in [5.41, 5.74) is -3.14. The van der Waals surface area contributed by atoms with Crippen molar-refractivity contribution >= 4 is 27.3 Å². The monoisotopic (exact) mass is 431 g/mol. The molecule has 154 valence electrons. The topological polar surface area (TPSA) is 109 Å². The van der Waals surface area contributed by atoms with Crippen LogP contribution in [0.25, 0.3) is 0 Å². The highest BCUT2D eigenvalue weighted by molar-refractivity contribution is 7.89. The fraction of sp³-hybridized carbons (Fsp3) is 0.714. The van der Waals surface area contributed by atoms with Crippen LogP contribution in [0.5, 0.6) is 0 Å². The third kappa shape index (κ3) is 5.38. The Labute approximate surface area is 158 Å². The zero-order valence-electron chi connectivity index (χ0n) is 14.5. The van der Waals surface area contributed by atoms with E-state index in [0.717, 1.165) is 0 Å². The van der Waals surface area contributed by atoms with Gasteiger partial charge in [-0.25, -0.2) is 13.4 Å². The average molecular weight is 431 g/mol. The number of sulfonamides is 1. The van der Waals surface area contributed by atoms with Crippen molar-refractivity contribution in [2.24, 2.45) is 0 Å². The van der Waals surface area contributed by atoms with Crippen molar-refractivity contribution in [3.8, 4) is 0 Å². The Balaban J connectivity index is 1.96. The molecule has 1 aliphatic heterocycles. The van der Waals surface area contributed by atoms with Crippen LogP contribution in [0.4, 0.5) is 13.2 Å². The van der Waals surface area contributed by atoms with Crippen LogP contribution in [-0.4, -0.2) is 73.5 Å². The van der Waals surface area contributed by atoms with Gasteiger partial charge in [0, 0.05) is 30.7 Å². The van der Waals surface area contributed by atoms with Gasteiger partial charge in [0.2, 0.25) is 21.5 Å². The zero-order valence-corrected chi connectivity index (χ0v) is 16.1. The number of aromatic nitrogens is 1. The molecule has 2 rings (SSSR count). The molecule has 1 aromatic rings. The first-order valence-corrected chi connectivity index (χ1v) is 10.5. The summed E-state index contributed by atoms with van der Waals surface area (Å²) in [4.78, 5) is 15.6. The van der Waals surface area contributed by atoms with Crippen LogP contribution in [0, 0.1) is 6.92 Å². The van der Waals surface area contributed by atoms with Gasteiger partial charge in [-0.05, 0) is 6.92 Å². The molecule has 0 saturated carbocycles. The summed E-state index contributed by atoms with van der Waals surface area (Å²) in [6, 6.07) is 0. The van der Waals surface area contributed by atoms with Crippen molar-refractivity contribution in [2.75, 3.05) is 38.6 Å². The van der Waals surface area contributed by atoms with E-state index in [0.29, 0.717) is 11.3 Å². The summed E-state index contributed by atoms with van der Waals surface area (Å²) in [5, 5.41) is 12.9. The molecule has 1 amide bonds. The second-order valence-corrected chi connectivity index (χ2v) is 8.95. The molecular weight excluding hydrogens is 411 g/mol. The minimum Gasteiger partial charge on any atom is -0.379 e. The third-order valence-corrected chi connectivity index (χ3v) is 6.89. The Hall–Kier alpha value is -1.28. The van der Waals surface area contributed by atoms with Gasteiger partial charge in [-0.3, -0.25) is 4.79 Å². The number of hydrogen-bond donors (Lipinski definition) is 2. The quantitative estimate of drug-likeness (QED) is 0.646. The normalized spacial score (nSPS) is 18.9. The van der Waals surface area contributed by atoms with Gasteiger partial charge in [0.25, 0.3) is 0 Å². The summed E-state index contributed by atoms with van der Waals surface area (Å²) < 4.78 is 70.5. The van der Waals surface area contributed by atoms with Crippen LogP contribution in [0.3, 0.4) is 0 Å². The lowest BCUT2D eigenvalue weighted by Gasteiger charge is -2.28. The van der Waals surface area contributed by atoms with Crippen LogP contribution in [0.1, 0.15) is 17.1 Å². The number of amides is 1. The number of carbonyl (C=O) groups is 1. The molecule has 0 spiro atoms. The second-order valence-electron chi connectivity index (χ2n) is 6.01. The first-order chi connectivity index (χ1) is 12.5. The summed E-state index contributed by atoms with van der Waals surface area (Å²) in [6.07, 6.45) is -6.42. The van der Waals surface area contributed by atoms with Gasteiger partial charge in [-0.1, -0.05) is 0 Å². The number of nitrogens with zero attached hydrogens (tertiary/aromatic N) is 2. The van der Waals surface area contributed by atoms with E-state index in [1.54, 1.807) is 0 Å². The molecule has 8 nitrogen and oxygen atoms in total. The largest absolute Gasteiger partial charge is 0.424 e. The number of rotatable bonds is 7. The first kappa shape index (κ1) is 22.0.